The third kappa shape index (κ3) is 14.5. The first-order valence-electron chi connectivity index (χ1n) is 50.2. The normalized spacial score (nSPS) is 11.7. The molecule has 0 aliphatic carbocycles. The van der Waals surface area contributed by atoms with Crippen LogP contribution in [-0.4, -0.2) is 27.4 Å². The molecule has 30 aromatic rings. The van der Waals surface area contributed by atoms with E-state index in [0.29, 0.717) is 0 Å². The van der Waals surface area contributed by atoms with Crippen LogP contribution in [0.1, 0.15) is 0 Å². The van der Waals surface area contributed by atoms with Crippen LogP contribution in [0, 0.1) is 0 Å². The monoisotopic (exact) mass is 1860 g/mol. The Kier molecular flexibility index (Phi) is 20.5. The van der Waals surface area contributed by atoms with Crippen LogP contribution in [0.4, 0.5) is 0 Å². The molecule has 6 nitrogen and oxygen atoms in total. The maximum atomic E-state index is 2.43. The Hall–Kier alpha value is -19.4. The number of hydrogen-bond acceptors (Lipinski definition) is 0. The highest BCUT2D eigenvalue weighted by atomic mass is 15.0. The van der Waals surface area contributed by atoms with Gasteiger partial charge in [0.15, 0.2) is 0 Å². The van der Waals surface area contributed by atoms with E-state index in [-0.39, 0.29) is 0 Å². The van der Waals surface area contributed by atoms with Gasteiger partial charge in [-0.1, -0.05) is 388 Å². The molecule has 0 aliphatic rings. The largest absolute Gasteiger partial charge is 0.309 e. The topological polar surface area (TPSA) is 29.6 Å². The summed E-state index contributed by atoms with van der Waals surface area (Å²) in [6.07, 6.45) is 0. The molecular formula is C140H92N6. The molecule has 0 aliphatic heterocycles. The van der Waals surface area contributed by atoms with Crippen molar-refractivity contribution in [3.8, 4) is 112 Å². The lowest BCUT2D eigenvalue weighted by molar-refractivity contribution is 1.18. The molecule has 146 heavy (non-hydrogen) atoms. The zero-order valence-electron chi connectivity index (χ0n) is 79.8. The van der Waals surface area contributed by atoms with Crippen molar-refractivity contribution in [2.45, 2.75) is 0 Å². The molecule has 0 saturated heterocycles. The van der Waals surface area contributed by atoms with Crippen LogP contribution in [0.5, 0.6) is 0 Å². The average molecular weight is 1860 g/mol. The first-order valence-corrected chi connectivity index (χ1v) is 50.2. The molecule has 6 heteroatoms. The number of rotatable bonds is 13. The van der Waals surface area contributed by atoms with E-state index >= 15 is 0 Å². The highest BCUT2D eigenvalue weighted by molar-refractivity contribution is 6.19. The predicted octanol–water partition coefficient (Wildman–Crippen LogP) is 37.6. The SMILES string of the molecule is c1ccc(-c2ccc(-n3c4ccc(-c5ccc6c(c5)c5ccccc5n6-c5ccccc5)cc4c4ccc(-c5ccccc5)cc43)cc2)cc1.c1ccc(-c2cccc(-n3c4ccc(-c5ccc6c(c5)c5ccccc5n6-c5ccccc5)cc4c4ccc(-c5ccccc5)cc43)c2)cc1.c1ccc2c(-n3c4ccccc4c4cc(-c5ccc6c(c5)c5ccccc5n6-c5cccc6ccccc56)ccc43)cccc2c1. The van der Waals surface area contributed by atoms with Gasteiger partial charge >= 0.3 is 0 Å². The first kappa shape index (κ1) is 84.7. The molecule has 6 heterocycles. The molecule has 24 aromatic carbocycles. The minimum atomic E-state index is 1.15. The maximum absolute atomic E-state index is 2.43. The summed E-state index contributed by atoms with van der Waals surface area (Å²) in [6, 6.07) is 203. The van der Waals surface area contributed by atoms with Crippen molar-refractivity contribution in [2.75, 3.05) is 0 Å². The summed E-state index contributed by atoms with van der Waals surface area (Å²) in [4.78, 5) is 0. The zero-order chi connectivity index (χ0) is 96.2. The Balaban J connectivity index is 0.000000106. The van der Waals surface area contributed by atoms with E-state index in [1.54, 1.807) is 0 Å². The summed E-state index contributed by atoms with van der Waals surface area (Å²) in [5.74, 6) is 0. The van der Waals surface area contributed by atoms with Gasteiger partial charge in [-0.25, -0.2) is 0 Å². The van der Waals surface area contributed by atoms with E-state index in [2.05, 4.69) is 586 Å². The first-order chi connectivity index (χ1) is 72.4. The number of benzene rings is 24. The third-order valence-corrected chi connectivity index (χ3v) is 29.9. The van der Waals surface area contributed by atoms with Gasteiger partial charge in [0.2, 0.25) is 0 Å². The highest BCUT2D eigenvalue weighted by Crippen LogP contribution is 2.47. The Bertz CT molecular complexity index is 10200. The van der Waals surface area contributed by atoms with Crippen molar-refractivity contribution in [1.29, 1.82) is 0 Å². The summed E-state index contributed by atoms with van der Waals surface area (Å²) >= 11 is 0. The Labute approximate surface area is 843 Å². The lowest BCUT2D eigenvalue weighted by atomic mass is 9.99. The van der Waals surface area contributed by atoms with Crippen molar-refractivity contribution < 1.29 is 0 Å². The van der Waals surface area contributed by atoms with Crippen molar-refractivity contribution in [2.24, 2.45) is 0 Å². The van der Waals surface area contributed by atoms with Crippen LogP contribution in [0.15, 0.2) is 558 Å². The van der Waals surface area contributed by atoms with Crippen LogP contribution in [0.25, 0.3) is 264 Å². The smallest absolute Gasteiger partial charge is 0.0547 e. The van der Waals surface area contributed by atoms with Crippen LogP contribution >= 0.6 is 0 Å². The number of nitrogens with zero attached hydrogens (tertiary/aromatic N) is 6. The van der Waals surface area contributed by atoms with E-state index in [4.69, 9.17) is 0 Å². The summed E-state index contributed by atoms with van der Waals surface area (Å²) in [7, 11) is 0. The fraction of sp³-hybridized carbons (Fsp3) is 0. The molecular weight excluding hydrogens is 1770 g/mol. The molecule has 0 N–H and O–H groups in total. The van der Waals surface area contributed by atoms with E-state index in [0.717, 1.165) is 11.4 Å². The molecule has 0 saturated carbocycles. The van der Waals surface area contributed by atoms with Crippen molar-refractivity contribution in [3.63, 3.8) is 0 Å². The summed E-state index contributed by atoms with van der Waals surface area (Å²) < 4.78 is 14.5. The number of fused-ring (bicyclic) bond motifs is 20. The van der Waals surface area contributed by atoms with Crippen LogP contribution in [0.3, 0.4) is 0 Å². The van der Waals surface area contributed by atoms with Gasteiger partial charge in [0, 0.05) is 98.2 Å². The minimum Gasteiger partial charge on any atom is -0.309 e. The van der Waals surface area contributed by atoms with Gasteiger partial charge in [0.1, 0.15) is 0 Å². The molecule has 0 atom stereocenters. The number of aromatic nitrogens is 6. The standard InChI is InChI=1S/2C48H32N2.C44H28N2/c1-4-13-33(14-5-1)35-17-12-20-40(29-35)50-47-28-25-37(31-44(47)42-26-23-38(32-48(42)50)34-15-6-2-7-16-34)36-24-27-46-43(30-36)41-21-10-11-22-45(41)49(46)39-18-8-3-9-19-39;1-4-12-33(13-5-1)35-20-25-40(26-21-35)50-47-29-24-37(31-44(47)42-27-22-38(32-48(42)50)34-14-6-2-7-15-34)36-23-28-46-43(30-36)41-18-10-11-19-45(41)49(46)39-16-8-3-9-17-39;1-3-15-33-29(11-1)13-9-21-39(33)45-41-19-7-5-17-35(41)37-27-31(23-25-43(37)45)32-24-26-44-38(28-32)36-18-6-8-20-42(36)46(44)40-22-10-14-30-12-2-4-16-34(30)40/h2*1-32H;1-28H. The van der Waals surface area contributed by atoms with Crippen LogP contribution in [-0.2, 0) is 0 Å². The zero-order valence-corrected chi connectivity index (χ0v) is 79.8. The molecule has 0 bridgehead atoms. The van der Waals surface area contributed by atoms with Crippen LogP contribution in [0.2, 0.25) is 0 Å². The quantitative estimate of drug-likeness (QED) is 0.110. The predicted molar refractivity (Wildman–Crippen MR) is 618 cm³/mol. The number of hydrogen-bond donors (Lipinski definition) is 0. The lowest BCUT2D eigenvalue weighted by Crippen LogP contribution is -1.95. The van der Waals surface area contributed by atoms with Crippen molar-refractivity contribution in [3.05, 3.63) is 558 Å². The molecule has 0 radical (unpaired) electrons. The van der Waals surface area contributed by atoms with Crippen LogP contribution < -0.4 is 0 Å². The molecule has 0 amide bonds. The Morgan fingerprint density at radius 1 is 0.0890 bits per heavy atom. The highest BCUT2D eigenvalue weighted by Gasteiger charge is 2.25. The molecule has 682 valence electrons. The Morgan fingerprint density at radius 3 is 0.637 bits per heavy atom. The van der Waals surface area contributed by atoms with Gasteiger partial charge in [0.05, 0.1) is 77.6 Å². The fourth-order valence-corrected chi connectivity index (χ4v) is 23.1. The maximum Gasteiger partial charge on any atom is 0.0547 e. The number of para-hydroxylation sites is 6. The second-order valence-corrected chi connectivity index (χ2v) is 38.2. The van der Waals surface area contributed by atoms with E-state index in [9.17, 15) is 0 Å². The molecule has 0 unspecified atom stereocenters. The van der Waals surface area contributed by atoms with Crippen molar-refractivity contribution in [1.82, 2.24) is 27.4 Å². The molecule has 0 spiro atoms. The van der Waals surface area contributed by atoms with Gasteiger partial charge < -0.3 is 27.4 Å². The van der Waals surface area contributed by atoms with Gasteiger partial charge in [-0.05, 0) is 259 Å². The van der Waals surface area contributed by atoms with Gasteiger partial charge in [0.25, 0.3) is 0 Å². The second kappa shape index (κ2) is 35.4. The van der Waals surface area contributed by atoms with Gasteiger partial charge in [-0.15, -0.1) is 0 Å². The van der Waals surface area contributed by atoms with E-state index in [1.807, 2.05) is 0 Å². The molecule has 6 aromatic heterocycles. The average Bonchev–Trinajstić information content (AvgIpc) is 1.58. The third-order valence-electron chi connectivity index (χ3n) is 29.9. The minimum absolute atomic E-state index is 1.15. The van der Waals surface area contributed by atoms with Crippen molar-refractivity contribution >= 4 is 152 Å². The second-order valence-electron chi connectivity index (χ2n) is 38.2. The fourth-order valence-electron chi connectivity index (χ4n) is 23.1. The lowest BCUT2D eigenvalue weighted by Gasteiger charge is -2.12. The molecule has 0 fully saturated rings. The van der Waals surface area contributed by atoms with Gasteiger partial charge in [-0.2, -0.15) is 0 Å². The summed E-state index contributed by atoms with van der Waals surface area (Å²) in [5.41, 5.74) is 38.6. The van der Waals surface area contributed by atoms with Gasteiger partial charge in [-0.3, -0.25) is 0 Å². The summed E-state index contributed by atoms with van der Waals surface area (Å²) in [5, 5.41) is 20.1. The summed E-state index contributed by atoms with van der Waals surface area (Å²) in [6.45, 7) is 0. The van der Waals surface area contributed by atoms with E-state index in [1.165, 1.54) is 253 Å². The van der Waals surface area contributed by atoms with E-state index < -0.39 is 0 Å². The Morgan fingerprint density at radius 2 is 0.288 bits per heavy atom. The molecule has 30 rings (SSSR count).